The highest BCUT2D eigenvalue weighted by Gasteiger charge is 2.11. The number of hydrogen-bond donors (Lipinski definition) is 1. The van der Waals surface area contributed by atoms with Crippen LogP contribution in [0.15, 0.2) is 39.5 Å². The lowest BCUT2D eigenvalue weighted by molar-refractivity contribution is 0.380. The number of hydrogen-bond acceptors (Lipinski definition) is 5. The summed E-state index contributed by atoms with van der Waals surface area (Å²) in [6.07, 6.45) is 1.64. The van der Waals surface area contributed by atoms with Crippen LogP contribution in [-0.4, -0.2) is 10.1 Å². The van der Waals surface area contributed by atoms with Crippen molar-refractivity contribution in [2.45, 2.75) is 6.54 Å². The minimum atomic E-state index is 0.244. The Morgan fingerprint density at radius 1 is 1.25 bits per heavy atom. The van der Waals surface area contributed by atoms with Gasteiger partial charge in [-0.2, -0.15) is 4.98 Å². The van der Waals surface area contributed by atoms with Crippen LogP contribution in [0.5, 0.6) is 0 Å². The Bertz CT molecular complexity index is 627. The van der Waals surface area contributed by atoms with Crippen LogP contribution in [0, 0.1) is 0 Å². The lowest BCUT2D eigenvalue weighted by atomic mass is 10.1. The molecule has 2 heterocycles. The molecule has 80 valence electrons. The van der Waals surface area contributed by atoms with Crippen molar-refractivity contribution in [1.29, 1.82) is 0 Å². The van der Waals surface area contributed by atoms with Gasteiger partial charge in [-0.25, -0.2) is 0 Å². The standard InChI is InChI=1S/C11H9N3O2/c12-6-10-13-11(14-16-10)8-2-1-3-9-7(8)4-5-15-9/h1-5H,6,12H2. The van der Waals surface area contributed by atoms with Crippen LogP contribution in [0.3, 0.4) is 0 Å². The molecule has 5 heteroatoms. The average Bonchev–Trinajstić information content (AvgIpc) is 2.97. The Labute approximate surface area is 90.9 Å². The van der Waals surface area contributed by atoms with Gasteiger partial charge in [-0.3, -0.25) is 0 Å². The molecule has 0 atom stereocenters. The van der Waals surface area contributed by atoms with E-state index in [1.165, 1.54) is 0 Å². The molecule has 0 unspecified atom stereocenters. The summed E-state index contributed by atoms with van der Waals surface area (Å²) in [6.45, 7) is 0.244. The van der Waals surface area contributed by atoms with Gasteiger partial charge < -0.3 is 14.7 Å². The minimum Gasteiger partial charge on any atom is -0.464 e. The normalized spacial score (nSPS) is 11.1. The molecular weight excluding hydrogens is 206 g/mol. The third kappa shape index (κ3) is 1.30. The fourth-order valence-corrected chi connectivity index (χ4v) is 1.64. The zero-order chi connectivity index (χ0) is 11.0. The number of benzene rings is 1. The van der Waals surface area contributed by atoms with Crippen molar-refractivity contribution in [3.05, 3.63) is 36.4 Å². The number of aromatic nitrogens is 2. The maximum absolute atomic E-state index is 5.42. The number of nitrogens with zero attached hydrogens (tertiary/aromatic N) is 2. The summed E-state index contributed by atoms with van der Waals surface area (Å²) in [5.74, 6) is 0.961. The van der Waals surface area contributed by atoms with Gasteiger partial charge in [0, 0.05) is 10.9 Å². The van der Waals surface area contributed by atoms with Gasteiger partial charge in [0.05, 0.1) is 12.8 Å². The SMILES string of the molecule is NCc1nc(-c2cccc3occc23)no1. The molecule has 0 spiro atoms. The number of fused-ring (bicyclic) bond motifs is 1. The van der Waals surface area contributed by atoms with Gasteiger partial charge in [0.15, 0.2) is 0 Å². The van der Waals surface area contributed by atoms with Gasteiger partial charge >= 0.3 is 0 Å². The molecule has 0 bridgehead atoms. The monoisotopic (exact) mass is 215 g/mol. The number of furan rings is 1. The Morgan fingerprint density at radius 2 is 2.19 bits per heavy atom. The van der Waals surface area contributed by atoms with Gasteiger partial charge in [-0.1, -0.05) is 17.3 Å². The van der Waals surface area contributed by atoms with Gasteiger partial charge in [0.1, 0.15) is 5.58 Å². The van der Waals surface area contributed by atoms with Gasteiger partial charge in [-0.15, -0.1) is 0 Å². The van der Waals surface area contributed by atoms with Crippen LogP contribution in [0.4, 0.5) is 0 Å². The molecule has 2 aromatic heterocycles. The smallest absolute Gasteiger partial charge is 0.240 e. The fraction of sp³-hybridized carbons (Fsp3) is 0.0909. The lowest BCUT2D eigenvalue weighted by Crippen LogP contribution is -1.95. The molecule has 0 saturated carbocycles. The molecule has 0 aliphatic carbocycles. The molecular formula is C11H9N3O2. The van der Waals surface area contributed by atoms with E-state index in [1.807, 2.05) is 24.3 Å². The summed E-state index contributed by atoms with van der Waals surface area (Å²) < 4.78 is 10.3. The Hall–Kier alpha value is -2.14. The van der Waals surface area contributed by atoms with Crippen LogP contribution in [0.2, 0.25) is 0 Å². The van der Waals surface area contributed by atoms with Crippen molar-refractivity contribution in [2.75, 3.05) is 0 Å². The molecule has 3 rings (SSSR count). The molecule has 0 radical (unpaired) electrons. The van der Waals surface area contributed by atoms with Gasteiger partial charge in [0.25, 0.3) is 0 Å². The van der Waals surface area contributed by atoms with Gasteiger partial charge in [0.2, 0.25) is 11.7 Å². The van der Waals surface area contributed by atoms with E-state index in [2.05, 4.69) is 10.1 Å². The summed E-state index contributed by atoms with van der Waals surface area (Å²) >= 11 is 0. The van der Waals surface area contributed by atoms with Crippen molar-refractivity contribution >= 4 is 11.0 Å². The second-order valence-electron chi connectivity index (χ2n) is 3.35. The van der Waals surface area contributed by atoms with E-state index >= 15 is 0 Å². The van der Waals surface area contributed by atoms with E-state index in [9.17, 15) is 0 Å². The highest BCUT2D eigenvalue weighted by Crippen LogP contribution is 2.27. The van der Waals surface area contributed by atoms with E-state index in [1.54, 1.807) is 6.26 Å². The molecule has 1 aromatic carbocycles. The highest BCUT2D eigenvalue weighted by molar-refractivity contribution is 5.91. The van der Waals surface area contributed by atoms with Crippen LogP contribution < -0.4 is 5.73 Å². The van der Waals surface area contributed by atoms with E-state index in [4.69, 9.17) is 14.7 Å². The molecule has 0 fully saturated rings. The second kappa shape index (κ2) is 3.46. The average molecular weight is 215 g/mol. The quantitative estimate of drug-likeness (QED) is 0.706. The van der Waals surface area contributed by atoms with Crippen molar-refractivity contribution in [3.8, 4) is 11.4 Å². The fourth-order valence-electron chi connectivity index (χ4n) is 1.64. The van der Waals surface area contributed by atoms with Crippen LogP contribution in [0.1, 0.15) is 5.89 Å². The van der Waals surface area contributed by atoms with Crippen molar-refractivity contribution < 1.29 is 8.94 Å². The predicted octanol–water partition coefficient (Wildman–Crippen LogP) is 1.94. The Balaban J connectivity index is 2.21. The third-order valence-corrected chi connectivity index (χ3v) is 2.38. The van der Waals surface area contributed by atoms with E-state index in [0.29, 0.717) is 11.7 Å². The summed E-state index contributed by atoms with van der Waals surface area (Å²) in [7, 11) is 0. The summed E-state index contributed by atoms with van der Waals surface area (Å²) in [5.41, 5.74) is 7.11. The maximum Gasteiger partial charge on any atom is 0.240 e. The number of rotatable bonds is 2. The van der Waals surface area contributed by atoms with Crippen molar-refractivity contribution in [1.82, 2.24) is 10.1 Å². The first-order valence-corrected chi connectivity index (χ1v) is 4.88. The van der Waals surface area contributed by atoms with Crippen molar-refractivity contribution in [3.63, 3.8) is 0 Å². The zero-order valence-electron chi connectivity index (χ0n) is 8.38. The molecule has 0 saturated heterocycles. The van der Waals surface area contributed by atoms with E-state index in [-0.39, 0.29) is 6.54 Å². The van der Waals surface area contributed by atoms with Gasteiger partial charge in [-0.05, 0) is 12.1 Å². The number of nitrogens with two attached hydrogens (primary N) is 1. The first kappa shape index (κ1) is 9.11. The minimum absolute atomic E-state index is 0.244. The third-order valence-electron chi connectivity index (χ3n) is 2.38. The Kier molecular flexibility index (Phi) is 1.97. The topological polar surface area (TPSA) is 78.1 Å². The molecule has 16 heavy (non-hydrogen) atoms. The highest BCUT2D eigenvalue weighted by atomic mass is 16.5. The molecule has 2 N–H and O–H groups in total. The first-order valence-electron chi connectivity index (χ1n) is 4.88. The molecule has 0 aliphatic rings. The maximum atomic E-state index is 5.42. The largest absolute Gasteiger partial charge is 0.464 e. The summed E-state index contributed by atoms with van der Waals surface area (Å²) in [5, 5.41) is 4.84. The Morgan fingerprint density at radius 3 is 3.00 bits per heavy atom. The first-order chi connectivity index (χ1) is 7.88. The van der Waals surface area contributed by atoms with E-state index in [0.717, 1.165) is 16.5 Å². The molecule has 5 nitrogen and oxygen atoms in total. The molecule has 0 amide bonds. The van der Waals surface area contributed by atoms with Crippen LogP contribution in [0.25, 0.3) is 22.4 Å². The molecule has 0 aliphatic heterocycles. The van der Waals surface area contributed by atoms with Crippen LogP contribution >= 0.6 is 0 Å². The predicted molar refractivity (Wildman–Crippen MR) is 57.4 cm³/mol. The van der Waals surface area contributed by atoms with E-state index < -0.39 is 0 Å². The lowest BCUT2D eigenvalue weighted by Gasteiger charge is -1.95. The molecule has 3 aromatic rings. The second-order valence-corrected chi connectivity index (χ2v) is 3.35. The zero-order valence-corrected chi connectivity index (χ0v) is 8.38. The summed E-state index contributed by atoms with van der Waals surface area (Å²) in [6, 6.07) is 7.58. The summed E-state index contributed by atoms with van der Waals surface area (Å²) in [4.78, 5) is 4.18. The van der Waals surface area contributed by atoms with Crippen LogP contribution in [-0.2, 0) is 6.54 Å². The van der Waals surface area contributed by atoms with Crippen molar-refractivity contribution in [2.24, 2.45) is 5.73 Å².